The summed E-state index contributed by atoms with van der Waals surface area (Å²) >= 11 is 0. The summed E-state index contributed by atoms with van der Waals surface area (Å²) in [6, 6.07) is 10.3. The second-order valence-electron chi connectivity index (χ2n) is 7.37. The van der Waals surface area contributed by atoms with Crippen molar-refractivity contribution in [2.75, 3.05) is 7.05 Å². The van der Waals surface area contributed by atoms with Gasteiger partial charge in [-0.1, -0.05) is 18.2 Å². The van der Waals surface area contributed by atoms with Crippen molar-refractivity contribution in [1.82, 2.24) is 15.6 Å². The number of guanidine groups is 1. The summed E-state index contributed by atoms with van der Waals surface area (Å²) in [5.41, 5.74) is 4.22. The quantitative estimate of drug-likeness (QED) is 0.634. The Hall–Kier alpha value is -2.56. The van der Waals surface area contributed by atoms with Crippen LogP contribution in [0.3, 0.4) is 0 Å². The number of benzene rings is 1. The van der Waals surface area contributed by atoms with Gasteiger partial charge < -0.3 is 15.4 Å². The molecule has 2 rings (SSSR count). The van der Waals surface area contributed by atoms with Crippen LogP contribution in [0.5, 0.6) is 5.75 Å². The van der Waals surface area contributed by atoms with Crippen molar-refractivity contribution in [3.63, 3.8) is 0 Å². The smallest absolute Gasteiger partial charge is 0.191 e. The molecule has 2 N–H and O–H groups in total. The first-order chi connectivity index (χ1) is 12.3. The Morgan fingerprint density at radius 2 is 1.85 bits per heavy atom. The van der Waals surface area contributed by atoms with Gasteiger partial charge in [0.2, 0.25) is 0 Å². The maximum atomic E-state index is 6.11. The first-order valence-corrected chi connectivity index (χ1v) is 8.92. The number of aryl methyl sites for hydroxylation is 2. The molecule has 0 aliphatic carbocycles. The molecule has 0 unspecified atom stereocenters. The molecule has 5 nitrogen and oxygen atoms in total. The van der Waals surface area contributed by atoms with Crippen LogP contribution in [0.15, 0.2) is 41.5 Å². The lowest BCUT2D eigenvalue weighted by atomic mass is 10.1. The maximum absolute atomic E-state index is 6.11. The van der Waals surface area contributed by atoms with E-state index in [4.69, 9.17) is 4.74 Å². The number of hydrogen-bond acceptors (Lipinski definition) is 3. The van der Waals surface area contributed by atoms with E-state index in [0.717, 1.165) is 28.5 Å². The molecule has 5 heteroatoms. The van der Waals surface area contributed by atoms with E-state index in [-0.39, 0.29) is 5.60 Å². The Morgan fingerprint density at radius 3 is 2.50 bits per heavy atom. The SMILES string of the molecule is CN=C(NCc1ccc(C)cc1OC(C)(C)C)NCc1ncccc1C. The fourth-order valence-corrected chi connectivity index (χ4v) is 2.50. The highest BCUT2D eigenvalue weighted by Gasteiger charge is 2.15. The molecule has 0 radical (unpaired) electrons. The fraction of sp³-hybridized carbons (Fsp3) is 0.429. The minimum atomic E-state index is -0.237. The van der Waals surface area contributed by atoms with Crippen LogP contribution in [0.1, 0.15) is 43.2 Å². The number of nitrogens with zero attached hydrogens (tertiary/aromatic N) is 2. The lowest BCUT2D eigenvalue weighted by Gasteiger charge is -2.24. The average molecular weight is 354 g/mol. The van der Waals surface area contributed by atoms with Gasteiger partial charge in [-0.15, -0.1) is 0 Å². The van der Waals surface area contributed by atoms with Crippen LogP contribution in [0.4, 0.5) is 0 Å². The van der Waals surface area contributed by atoms with Crippen LogP contribution in [0.25, 0.3) is 0 Å². The van der Waals surface area contributed by atoms with Crippen LogP contribution >= 0.6 is 0 Å². The Labute approximate surface area is 156 Å². The van der Waals surface area contributed by atoms with Gasteiger partial charge in [-0.2, -0.15) is 0 Å². The van der Waals surface area contributed by atoms with E-state index in [1.165, 1.54) is 5.56 Å². The normalized spacial score (nSPS) is 12.0. The van der Waals surface area contributed by atoms with Gasteiger partial charge in [0.05, 0.1) is 12.2 Å². The second kappa shape index (κ2) is 8.70. The summed E-state index contributed by atoms with van der Waals surface area (Å²) in [5.74, 6) is 1.64. The number of hydrogen-bond donors (Lipinski definition) is 2. The Bertz CT molecular complexity index is 763. The van der Waals surface area contributed by atoms with Crippen molar-refractivity contribution in [3.05, 3.63) is 58.9 Å². The largest absolute Gasteiger partial charge is 0.488 e. The third-order valence-corrected chi connectivity index (χ3v) is 3.85. The van der Waals surface area contributed by atoms with Gasteiger partial charge in [-0.05, 0) is 57.9 Å². The Balaban J connectivity index is 2.01. The molecule has 140 valence electrons. The van der Waals surface area contributed by atoms with Crippen molar-refractivity contribution in [3.8, 4) is 5.75 Å². The van der Waals surface area contributed by atoms with Gasteiger partial charge in [-0.3, -0.25) is 9.98 Å². The van der Waals surface area contributed by atoms with Crippen LogP contribution in [-0.4, -0.2) is 23.6 Å². The van der Waals surface area contributed by atoms with Gasteiger partial charge in [0.1, 0.15) is 11.4 Å². The fourth-order valence-electron chi connectivity index (χ4n) is 2.50. The monoisotopic (exact) mass is 354 g/mol. The van der Waals surface area contributed by atoms with Crippen molar-refractivity contribution in [2.24, 2.45) is 4.99 Å². The molecule has 0 amide bonds. The summed E-state index contributed by atoms with van der Waals surface area (Å²) in [5, 5.41) is 6.66. The molecule has 0 spiro atoms. The molecule has 1 aromatic heterocycles. The lowest BCUT2D eigenvalue weighted by Crippen LogP contribution is -2.37. The molecule has 0 atom stereocenters. The predicted molar refractivity (Wildman–Crippen MR) is 108 cm³/mol. The minimum Gasteiger partial charge on any atom is -0.488 e. The first-order valence-electron chi connectivity index (χ1n) is 8.92. The molecule has 0 bridgehead atoms. The zero-order valence-corrected chi connectivity index (χ0v) is 16.7. The van der Waals surface area contributed by atoms with Crippen molar-refractivity contribution in [2.45, 2.75) is 53.3 Å². The number of nitrogens with one attached hydrogen (secondary N) is 2. The van der Waals surface area contributed by atoms with Crippen LogP contribution in [0.2, 0.25) is 0 Å². The molecule has 0 aliphatic rings. The summed E-state index contributed by atoms with van der Waals surface area (Å²) in [4.78, 5) is 8.70. The van der Waals surface area contributed by atoms with Gasteiger partial charge >= 0.3 is 0 Å². The standard InChI is InChI=1S/C21H30N4O/c1-15-9-10-17(19(12-15)26-21(3,4)5)13-24-20(22-6)25-14-18-16(2)8-7-11-23-18/h7-12H,13-14H2,1-6H3,(H2,22,24,25). The van der Waals surface area contributed by atoms with E-state index < -0.39 is 0 Å². The molecule has 0 saturated heterocycles. The number of rotatable bonds is 5. The zero-order chi connectivity index (χ0) is 19.2. The van der Waals surface area contributed by atoms with Crippen molar-refractivity contribution in [1.29, 1.82) is 0 Å². The molecule has 26 heavy (non-hydrogen) atoms. The van der Waals surface area contributed by atoms with Crippen LogP contribution < -0.4 is 15.4 Å². The Kier molecular flexibility index (Phi) is 6.61. The van der Waals surface area contributed by atoms with Crippen LogP contribution in [-0.2, 0) is 13.1 Å². The minimum absolute atomic E-state index is 0.237. The topological polar surface area (TPSA) is 58.5 Å². The van der Waals surface area contributed by atoms with Gasteiger partial charge in [-0.25, -0.2) is 0 Å². The van der Waals surface area contributed by atoms with Gasteiger partial charge in [0.25, 0.3) is 0 Å². The van der Waals surface area contributed by atoms with E-state index in [9.17, 15) is 0 Å². The summed E-state index contributed by atoms with van der Waals surface area (Å²) < 4.78 is 6.11. The molecule has 0 aliphatic heterocycles. The van der Waals surface area contributed by atoms with E-state index in [2.05, 4.69) is 79.5 Å². The van der Waals surface area contributed by atoms with E-state index in [1.807, 2.05) is 12.3 Å². The molecule has 1 aromatic carbocycles. The zero-order valence-electron chi connectivity index (χ0n) is 16.7. The molecule has 0 saturated carbocycles. The summed E-state index contributed by atoms with van der Waals surface area (Å²) in [6.45, 7) is 11.6. The molecular weight excluding hydrogens is 324 g/mol. The van der Waals surface area contributed by atoms with Gasteiger partial charge in [0, 0.05) is 25.4 Å². The highest BCUT2D eigenvalue weighted by atomic mass is 16.5. The van der Waals surface area contributed by atoms with E-state index in [1.54, 1.807) is 7.05 Å². The second-order valence-corrected chi connectivity index (χ2v) is 7.37. The number of ether oxygens (including phenoxy) is 1. The Morgan fingerprint density at radius 1 is 1.12 bits per heavy atom. The molecule has 0 fully saturated rings. The maximum Gasteiger partial charge on any atom is 0.191 e. The van der Waals surface area contributed by atoms with Gasteiger partial charge in [0.15, 0.2) is 5.96 Å². The van der Waals surface area contributed by atoms with Crippen molar-refractivity contribution < 1.29 is 4.74 Å². The van der Waals surface area contributed by atoms with Crippen molar-refractivity contribution >= 4 is 5.96 Å². The third kappa shape index (κ3) is 6.06. The summed E-state index contributed by atoms with van der Waals surface area (Å²) in [7, 11) is 1.77. The number of aromatic nitrogens is 1. The van der Waals surface area contributed by atoms with E-state index in [0.29, 0.717) is 13.1 Å². The molecular formula is C21H30N4O. The number of aliphatic imine (C=N–C) groups is 1. The van der Waals surface area contributed by atoms with E-state index >= 15 is 0 Å². The molecule has 2 aromatic rings. The molecule has 1 heterocycles. The lowest BCUT2D eigenvalue weighted by molar-refractivity contribution is 0.129. The highest BCUT2D eigenvalue weighted by Crippen LogP contribution is 2.24. The summed E-state index contributed by atoms with van der Waals surface area (Å²) in [6.07, 6.45) is 1.81. The third-order valence-electron chi connectivity index (χ3n) is 3.85. The first kappa shape index (κ1) is 19.8. The average Bonchev–Trinajstić information content (AvgIpc) is 2.56. The van der Waals surface area contributed by atoms with Crippen LogP contribution in [0, 0.1) is 13.8 Å². The number of pyridine rings is 1. The predicted octanol–water partition coefficient (Wildman–Crippen LogP) is 3.74. The highest BCUT2D eigenvalue weighted by molar-refractivity contribution is 5.79.